The summed E-state index contributed by atoms with van der Waals surface area (Å²) in [5, 5.41) is 3.28. The molecule has 2 amide bonds. The molecular formula is C26H27Cl2N3O3S. The molecule has 1 N–H and O–H groups in total. The van der Waals surface area contributed by atoms with Gasteiger partial charge in [-0.1, -0.05) is 72.3 Å². The number of aromatic nitrogens is 1. The van der Waals surface area contributed by atoms with E-state index in [0.717, 1.165) is 42.8 Å². The molecule has 0 bridgehead atoms. The van der Waals surface area contributed by atoms with E-state index in [-0.39, 0.29) is 27.0 Å². The highest BCUT2D eigenvalue weighted by Gasteiger charge is 2.36. The third-order valence-electron chi connectivity index (χ3n) is 6.22. The zero-order chi connectivity index (χ0) is 24.9. The molecule has 0 aliphatic heterocycles. The molecule has 2 aromatic carbocycles. The second-order valence-electron chi connectivity index (χ2n) is 8.65. The van der Waals surface area contributed by atoms with E-state index >= 15 is 0 Å². The zero-order valence-electron chi connectivity index (χ0n) is 19.6. The lowest BCUT2D eigenvalue weighted by atomic mass is 9.94. The summed E-state index contributed by atoms with van der Waals surface area (Å²) in [4.78, 5) is 29.2. The number of carbonyl (C=O) groups excluding carboxylic acids is 2. The molecule has 6 nitrogen and oxygen atoms in total. The van der Waals surface area contributed by atoms with Crippen LogP contribution in [-0.4, -0.2) is 29.3 Å². The highest BCUT2D eigenvalue weighted by Crippen LogP contribution is 2.36. The lowest BCUT2D eigenvalue weighted by Gasteiger charge is -2.33. The Morgan fingerprint density at radius 3 is 2.29 bits per heavy atom. The summed E-state index contributed by atoms with van der Waals surface area (Å²) < 4.78 is 9.71. The van der Waals surface area contributed by atoms with Crippen LogP contribution in [0.5, 0.6) is 5.75 Å². The van der Waals surface area contributed by atoms with Gasteiger partial charge in [0.25, 0.3) is 5.91 Å². The van der Waals surface area contributed by atoms with Gasteiger partial charge >= 0.3 is 0 Å². The lowest BCUT2D eigenvalue weighted by Crippen LogP contribution is -2.47. The second-order valence-corrected chi connectivity index (χ2v) is 10.4. The maximum absolute atomic E-state index is 13.9. The fourth-order valence-corrected chi connectivity index (χ4v) is 5.31. The first-order valence-corrected chi connectivity index (χ1v) is 13.1. The molecule has 184 valence electrons. The molecule has 9 heteroatoms. The van der Waals surface area contributed by atoms with Gasteiger partial charge in [0.05, 0.1) is 7.11 Å². The number of nitrogens with zero attached hydrogens (tertiary/aromatic N) is 2. The predicted octanol–water partition coefficient (Wildman–Crippen LogP) is 6.60. The summed E-state index contributed by atoms with van der Waals surface area (Å²) in [7, 11) is 1.57. The Balaban J connectivity index is 1.81. The zero-order valence-corrected chi connectivity index (χ0v) is 21.9. The molecular weight excluding hydrogens is 505 g/mol. The molecule has 1 aliphatic carbocycles. The molecule has 4 rings (SSSR count). The Kier molecular flexibility index (Phi) is 8.31. The van der Waals surface area contributed by atoms with Gasteiger partial charge < -0.3 is 10.1 Å². The topological polar surface area (TPSA) is 71.5 Å². The number of amides is 2. The summed E-state index contributed by atoms with van der Waals surface area (Å²) in [6.07, 6.45) is 5.18. The number of nitrogens with one attached hydrogen (secondary N) is 1. The first-order valence-electron chi connectivity index (χ1n) is 11.5. The minimum atomic E-state index is -0.935. The van der Waals surface area contributed by atoms with Gasteiger partial charge in [0.2, 0.25) is 5.91 Å². The van der Waals surface area contributed by atoms with Crippen molar-refractivity contribution < 1.29 is 14.3 Å². The second kappa shape index (κ2) is 11.4. The van der Waals surface area contributed by atoms with Crippen LogP contribution in [0.4, 0.5) is 5.69 Å². The van der Waals surface area contributed by atoms with Crippen molar-refractivity contribution >= 4 is 52.2 Å². The molecule has 1 aromatic heterocycles. The number of anilines is 1. The smallest absolute Gasteiger partial charge is 0.280 e. The third-order valence-corrected chi connectivity index (χ3v) is 7.83. The van der Waals surface area contributed by atoms with Crippen LogP contribution in [-0.2, 0) is 4.79 Å². The molecule has 0 unspecified atom stereocenters. The first-order chi connectivity index (χ1) is 16.9. The third kappa shape index (κ3) is 5.80. The highest BCUT2D eigenvalue weighted by molar-refractivity contribution is 7.11. The van der Waals surface area contributed by atoms with Gasteiger partial charge in [0.15, 0.2) is 5.69 Å². The number of aryl methyl sites for hydroxylation is 1. The van der Waals surface area contributed by atoms with Crippen LogP contribution < -0.4 is 15.0 Å². The van der Waals surface area contributed by atoms with E-state index in [1.807, 2.05) is 31.2 Å². The normalized spacial score (nSPS) is 14.9. The fourth-order valence-electron chi connectivity index (χ4n) is 4.33. The van der Waals surface area contributed by atoms with E-state index in [2.05, 4.69) is 9.69 Å². The summed E-state index contributed by atoms with van der Waals surface area (Å²) in [5.74, 6) is -0.121. The van der Waals surface area contributed by atoms with E-state index in [0.29, 0.717) is 17.0 Å². The van der Waals surface area contributed by atoms with Gasteiger partial charge in [0.1, 0.15) is 21.2 Å². The van der Waals surface area contributed by atoms with E-state index in [1.165, 1.54) is 11.3 Å². The molecule has 0 spiro atoms. The van der Waals surface area contributed by atoms with Gasteiger partial charge in [-0.3, -0.25) is 14.5 Å². The first kappa shape index (κ1) is 25.5. The monoisotopic (exact) mass is 531 g/mol. The van der Waals surface area contributed by atoms with Gasteiger partial charge in [0, 0.05) is 11.7 Å². The number of hydrogen-bond acceptors (Lipinski definition) is 5. The van der Waals surface area contributed by atoms with Crippen molar-refractivity contribution in [3.63, 3.8) is 0 Å². The van der Waals surface area contributed by atoms with Crippen molar-refractivity contribution in [3.05, 3.63) is 74.7 Å². The number of benzene rings is 2. The van der Waals surface area contributed by atoms with Gasteiger partial charge in [-0.2, -0.15) is 4.37 Å². The molecule has 1 aliphatic rings. The number of ether oxygens (including phenoxy) is 1. The Labute approximate surface area is 219 Å². The summed E-state index contributed by atoms with van der Waals surface area (Å²) in [6.45, 7) is 1.98. The van der Waals surface area contributed by atoms with Crippen LogP contribution >= 0.6 is 34.7 Å². The van der Waals surface area contributed by atoms with Crippen LogP contribution in [0.1, 0.15) is 59.8 Å². The Morgan fingerprint density at radius 1 is 1.06 bits per heavy atom. The molecule has 35 heavy (non-hydrogen) atoms. The van der Waals surface area contributed by atoms with Crippen LogP contribution in [0, 0.1) is 6.92 Å². The molecule has 1 atom stereocenters. The van der Waals surface area contributed by atoms with Gasteiger partial charge in [-0.25, -0.2) is 0 Å². The van der Waals surface area contributed by atoms with Gasteiger partial charge in [-0.15, -0.1) is 0 Å². The van der Waals surface area contributed by atoms with Crippen molar-refractivity contribution in [1.82, 2.24) is 9.69 Å². The maximum Gasteiger partial charge on any atom is 0.280 e. The maximum atomic E-state index is 13.9. The Bertz CT molecular complexity index is 1180. The van der Waals surface area contributed by atoms with Crippen molar-refractivity contribution in [2.75, 3.05) is 12.0 Å². The molecule has 0 radical (unpaired) electrons. The predicted molar refractivity (Wildman–Crippen MR) is 141 cm³/mol. The summed E-state index contributed by atoms with van der Waals surface area (Å²) in [6, 6.07) is 13.7. The van der Waals surface area contributed by atoms with E-state index in [9.17, 15) is 9.59 Å². The Hall–Kier alpha value is -2.61. The SMILES string of the molecule is COc1ccc(N(C(=O)c2nsc(Cl)c2Cl)[C@@H](C(=O)NC2CCCCC2)c2ccc(C)cc2)cc1. The van der Waals surface area contributed by atoms with E-state index < -0.39 is 11.9 Å². The van der Waals surface area contributed by atoms with Crippen molar-refractivity contribution in [3.8, 4) is 5.75 Å². The van der Waals surface area contributed by atoms with Gasteiger partial charge in [-0.05, 0) is 61.1 Å². The summed E-state index contributed by atoms with van der Waals surface area (Å²) in [5.41, 5.74) is 2.27. The van der Waals surface area contributed by atoms with Crippen LogP contribution in [0.15, 0.2) is 48.5 Å². The van der Waals surface area contributed by atoms with Crippen LogP contribution in [0.25, 0.3) is 0 Å². The molecule has 0 saturated heterocycles. The fraction of sp³-hybridized carbons (Fsp3) is 0.346. The molecule has 1 saturated carbocycles. The average Bonchev–Trinajstić information content (AvgIpc) is 3.21. The van der Waals surface area contributed by atoms with Crippen LogP contribution in [0.3, 0.4) is 0 Å². The van der Waals surface area contributed by atoms with Crippen molar-refractivity contribution in [1.29, 1.82) is 0 Å². The number of hydrogen-bond donors (Lipinski definition) is 1. The molecule has 1 fully saturated rings. The van der Waals surface area contributed by atoms with Crippen molar-refractivity contribution in [2.45, 2.75) is 51.1 Å². The Morgan fingerprint density at radius 2 is 1.71 bits per heavy atom. The number of carbonyl (C=O) groups is 2. The minimum Gasteiger partial charge on any atom is -0.497 e. The van der Waals surface area contributed by atoms with E-state index in [4.69, 9.17) is 27.9 Å². The highest BCUT2D eigenvalue weighted by atomic mass is 35.5. The van der Waals surface area contributed by atoms with Crippen molar-refractivity contribution in [2.24, 2.45) is 0 Å². The standard InChI is InChI=1S/C26H27Cl2N3O3S/c1-16-8-10-17(11-9-16)23(25(32)29-18-6-4-3-5-7-18)31(19-12-14-20(34-2)15-13-19)26(33)22-21(27)24(28)35-30-22/h8-15,18,23H,3-7H2,1-2H3,(H,29,32)/t23-/m1/s1. The molecule has 3 aromatic rings. The quantitative estimate of drug-likeness (QED) is 0.372. The van der Waals surface area contributed by atoms with Crippen LogP contribution in [0.2, 0.25) is 9.36 Å². The largest absolute Gasteiger partial charge is 0.497 e. The average molecular weight is 532 g/mol. The number of methoxy groups -OCH3 is 1. The molecule has 1 heterocycles. The number of rotatable bonds is 7. The minimum absolute atomic E-state index is 0.0139. The van der Waals surface area contributed by atoms with E-state index in [1.54, 1.807) is 31.4 Å². The number of halogens is 2. The lowest BCUT2D eigenvalue weighted by molar-refractivity contribution is -0.123. The summed E-state index contributed by atoms with van der Waals surface area (Å²) >= 11 is 13.4.